The molecule has 0 spiro atoms. The first-order valence-corrected chi connectivity index (χ1v) is 8.52. The first-order chi connectivity index (χ1) is 10.2. The van der Waals surface area contributed by atoms with Crippen LogP contribution in [-0.4, -0.2) is 30.7 Å². The van der Waals surface area contributed by atoms with Crippen LogP contribution in [0.1, 0.15) is 11.3 Å². The molecule has 0 amide bonds. The van der Waals surface area contributed by atoms with Crippen molar-refractivity contribution in [1.82, 2.24) is 4.57 Å². The number of rotatable bonds is 4. The summed E-state index contributed by atoms with van der Waals surface area (Å²) in [7, 11) is 2.14. The molecule has 3 rings (SSSR count). The Labute approximate surface area is 135 Å². The van der Waals surface area contributed by atoms with Crippen LogP contribution in [-0.2, 0) is 20.1 Å². The molecular formula is C17H24BrN3+2. The van der Waals surface area contributed by atoms with Crippen molar-refractivity contribution >= 4 is 15.9 Å². The molecule has 2 aromatic rings. The number of hydrogen-bond donors (Lipinski definition) is 2. The van der Waals surface area contributed by atoms with Gasteiger partial charge in [0.1, 0.15) is 39.3 Å². The summed E-state index contributed by atoms with van der Waals surface area (Å²) in [5.74, 6) is 0. The fourth-order valence-electron chi connectivity index (χ4n) is 3.14. The van der Waals surface area contributed by atoms with Gasteiger partial charge in [0.2, 0.25) is 0 Å². The van der Waals surface area contributed by atoms with E-state index in [-0.39, 0.29) is 0 Å². The predicted octanol–water partition coefficient (Wildman–Crippen LogP) is 0.271. The topological polar surface area (TPSA) is 13.8 Å². The van der Waals surface area contributed by atoms with Crippen LogP contribution in [0.25, 0.3) is 0 Å². The predicted molar refractivity (Wildman–Crippen MR) is 88.4 cm³/mol. The summed E-state index contributed by atoms with van der Waals surface area (Å²) in [5, 5.41) is 0. The third-order valence-corrected chi connectivity index (χ3v) is 5.04. The first-order valence-electron chi connectivity index (χ1n) is 7.72. The number of aryl methyl sites for hydroxylation is 1. The van der Waals surface area contributed by atoms with Crippen LogP contribution >= 0.6 is 15.9 Å². The monoisotopic (exact) mass is 349 g/mol. The van der Waals surface area contributed by atoms with Gasteiger partial charge in [-0.25, -0.2) is 0 Å². The van der Waals surface area contributed by atoms with Gasteiger partial charge in [-0.2, -0.15) is 0 Å². The van der Waals surface area contributed by atoms with E-state index in [4.69, 9.17) is 0 Å². The number of hydrogen-bond acceptors (Lipinski definition) is 0. The molecule has 4 heteroatoms. The van der Waals surface area contributed by atoms with Gasteiger partial charge in [-0.15, -0.1) is 0 Å². The maximum Gasteiger partial charge on any atom is 0.127 e. The summed E-state index contributed by atoms with van der Waals surface area (Å²) in [5.41, 5.74) is 2.89. The lowest BCUT2D eigenvalue weighted by molar-refractivity contribution is -1.02. The molecule has 3 nitrogen and oxygen atoms in total. The van der Waals surface area contributed by atoms with Crippen molar-refractivity contribution in [3.63, 3.8) is 0 Å². The van der Waals surface area contributed by atoms with E-state index < -0.39 is 0 Å². The summed E-state index contributed by atoms with van der Waals surface area (Å²) in [4.78, 5) is 3.43. The Bertz CT molecular complexity index is 568. The van der Waals surface area contributed by atoms with E-state index in [1.807, 2.05) is 0 Å². The second kappa shape index (κ2) is 6.77. The minimum Gasteiger partial charge on any atom is -0.350 e. The Kier molecular flexibility index (Phi) is 4.78. The van der Waals surface area contributed by atoms with E-state index in [0.29, 0.717) is 0 Å². The van der Waals surface area contributed by atoms with Crippen molar-refractivity contribution in [1.29, 1.82) is 0 Å². The van der Waals surface area contributed by atoms with Crippen molar-refractivity contribution in [2.24, 2.45) is 7.05 Å². The summed E-state index contributed by atoms with van der Waals surface area (Å²) < 4.78 is 3.41. The Balaban J connectivity index is 1.49. The highest BCUT2D eigenvalue weighted by Crippen LogP contribution is 2.09. The van der Waals surface area contributed by atoms with Crippen LogP contribution in [0.2, 0.25) is 0 Å². The van der Waals surface area contributed by atoms with Crippen molar-refractivity contribution in [2.75, 3.05) is 26.2 Å². The minimum atomic E-state index is 1.16. The molecular weight excluding hydrogens is 326 g/mol. The Morgan fingerprint density at radius 2 is 1.57 bits per heavy atom. The fourth-order valence-corrected chi connectivity index (χ4v) is 3.40. The largest absolute Gasteiger partial charge is 0.350 e. The maximum atomic E-state index is 3.50. The number of nitrogens with zero attached hydrogens (tertiary/aromatic N) is 1. The molecule has 21 heavy (non-hydrogen) atoms. The van der Waals surface area contributed by atoms with Gasteiger partial charge in [-0.3, -0.25) is 0 Å². The van der Waals surface area contributed by atoms with Crippen LogP contribution in [0.4, 0.5) is 0 Å². The molecule has 0 radical (unpaired) electrons. The quantitative estimate of drug-likeness (QED) is 0.787. The van der Waals surface area contributed by atoms with E-state index >= 15 is 0 Å². The van der Waals surface area contributed by atoms with Gasteiger partial charge in [0.25, 0.3) is 0 Å². The van der Waals surface area contributed by atoms with Crippen molar-refractivity contribution in [2.45, 2.75) is 13.1 Å². The molecule has 1 fully saturated rings. The number of halogens is 1. The zero-order valence-electron chi connectivity index (χ0n) is 12.6. The molecule has 2 N–H and O–H groups in total. The molecule has 0 saturated carbocycles. The van der Waals surface area contributed by atoms with Crippen molar-refractivity contribution in [3.8, 4) is 0 Å². The van der Waals surface area contributed by atoms with Crippen molar-refractivity contribution < 1.29 is 9.80 Å². The maximum absolute atomic E-state index is 3.50. The van der Waals surface area contributed by atoms with Gasteiger partial charge in [0.15, 0.2) is 0 Å². The van der Waals surface area contributed by atoms with Gasteiger partial charge < -0.3 is 14.4 Å². The number of benzene rings is 1. The number of aromatic nitrogens is 1. The van der Waals surface area contributed by atoms with Gasteiger partial charge in [-0.1, -0.05) is 28.1 Å². The summed E-state index contributed by atoms with van der Waals surface area (Å²) in [6.45, 7) is 7.42. The van der Waals surface area contributed by atoms with Gasteiger partial charge >= 0.3 is 0 Å². The summed E-state index contributed by atoms with van der Waals surface area (Å²) in [6, 6.07) is 13.1. The first kappa shape index (κ1) is 14.8. The zero-order chi connectivity index (χ0) is 14.7. The third-order valence-electron chi connectivity index (χ3n) is 4.51. The van der Waals surface area contributed by atoms with E-state index in [1.54, 1.807) is 9.80 Å². The summed E-state index contributed by atoms with van der Waals surface area (Å²) >= 11 is 3.50. The molecule has 0 aliphatic carbocycles. The van der Waals surface area contributed by atoms with Crippen LogP contribution in [0.15, 0.2) is 47.1 Å². The summed E-state index contributed by atoms with van der Waals surface area (Å²) in [6.07, 6.45) is 2.14. The molecule has 1 aromatic heterocycles. The second-order valence-corrected chi connectivity index (χ2v) is 7.01. The normalized spacial score (nSPS) is 22.4. The highest BCUT2D eigenvalue weighted by atomic mass is 79.9. The highest BCUT2D eigenvalue weighted by Gasteiger charge is 2.23. The van der Waals surface area contributed by atoms with Crippen LogP contribution in [0.3, 0.4) is 0 Å². The lowest BCUT2D eigenvalue weighted by Crippen LogP contribution is -3.27. The Morgan fingerprint density at radius 1 is 0.952 bits per heavy atom. The van der Waals surface area contributed by atoms with E-state index in [2.05, 4.69) is 70.1 Å². The van der Waals surface area contributed by atoms with E-state index in [0.717, 1.165) is 17.6 Å². The molecule has 0 bridgehead atoms. The minimum absolute atomic E-state index is 1.16. The van der Waals surface area contributed by atoms with Crippen LogP contribution in [0.5, 0.6) is 0 Å². The van der Waals surface area contributed by atoms with E-state index in [1.165, 1.54) is 37.4 Å². The Morgan fingerprint density at radius 3 is 2.14 bits per heavy atom. The molecule has 1 aliphatic rings. The molecule has 0 atom stereocenters. The average molecular weight is 350 g/mol. The standard InChI is InChI=1S/C17H22BrN3/c1-19-8-2-3-17(19)14-21-11-9-20(10-12-21)13-15-4-6-16(18)7-5-15/h2-8H,9-14H2,1H3/p+2. The third kappa shape index (κ3) is 3.96. The smallest absolute Gasteiger partial charge is 0.127 e. The molecule has 0 unspecified atom stereocenters. The Hall–Kier alpha value is -1.10. The molecule has 1 aromatic carbocycles. The molecule has 112 valence electrons. The average Bonchev–Trinajstić information content (AvgIpc) is 2.89. The van der Waals surface area contributed by atoms with Gasteiger partial charge in [0, 0.05) is 23.3 Å². The molecule has 2 heterocycles. The molecule has 1 saturated heterocycles. The van der Waals surface area contributed by atoms with Gasteiger partial charge in [-0.05, 0) is 24.3 Å². The van der Waals surface area contributed by atoms with Crippen molar-refractivity contribution in [3.05, 3.63) is 58.3 Å². The van der Waals surface area contributed by atoms with E-state index in [9.17, 15) is 0 Å². The SMILES string of the molecule is Cn1cccc1C[NH+]1CC[NH+](Cc2ccc(Br)cc2)CC1. The lowest BCUT2D eigenvalue weighted by Gasteiger charge is -2.29. The zero-order valence-corrected chi connectivity index (χ0v) is 14.2. The van der Waals surface area contributed by atoms with Gasteiger partial charge in [0.05, 0.1) is 5.69 Å². The molecule has 1 aliphatic heterocycles. The number of nitrogens with one attached hydrogen (secondary N) is 2. The van der Waals surface area contributed by atoms with Crippen LogP contribution < -0.4 is 9.80 Å². The lowest BCUT2D eigenvalue weighted by atomic mass is 10.2. The highest BCUT2D eigenvalue weighted by molar-refractivity contribution is 9.10. The number of piperazine rings is 1. The second-order valence-electron chi connectivity index (χ2n) is 6.09. The number of quaternary nitrogens is 2. The van der Waals surface area contributed by atoms with Crippen LogP contribution in [0, 0.1) is 0 Å². The fraction of sp³-hybridized carbons (Fsp3) is 0.412.